The molecular weight excluding hydrogens is 342 g/mol. The number of aromatic carboxylic acids is 1. The molecule has 1 fully saturated rings. The van der Waals surface area contributed by atoms with Gasteiger partial charge < -0.3 is 14.6 Å². The van der Waals surface area contributed by atoms with Gasteiger partial charge in [0.25, 0.3) is 0 Å². The van der Waals surface area contributed by atoms with Gasteiger partial charge in [-0.05, 0) is 28.8 Å². The molecule has 2 N–H and O–H groups in total. The lowest BCUT2D eigenvalue weighted by molar-refractivity contribution is 0.0661. The Morgan fingerprint density at radius 1 is 1.58 bits per heavy atom. The monoisotopic (exact) mass is 353 g/mol. The molecule has 2 heterocycles. The summed E-state index contributed by atoms with van der Waals surface area (Å²) < 4.78 is 30.7. The molecule has 106 valence electrons. The zero-order valence-corrected chi connectivity index (χ0v) is 12.1. The van der Waals surface area contributed by atoms with Gasteiger partial charge in [-0.25, -0.2) is 13.2 Å². The Kier molecular flexibility index (Phi) is 4.00. The molecule has 9 heteroatoms. The SMILES string of the molecule is O=C(O)c1cc(S(=O)(=O)N2CCCC2CO)c(Br)o1. The van der Waals surface area contributed by atoms with E-state index in [0.717, 1.165) is 6.07 Å². The van der Waals surface area contributed by atoms with Crippen LogP contribution in [0.1, 0.15) is 23.4 Å². The van der Waals surface area contributed by atoms with Gasteiger partial charge in [0.2, 0.25) is 15.8 Å². The summed E-state index contributed by atoms with van der Waals surface area (Å²) in [5.41, 5.74) is 0. The van der Waals surface area contributed by atoms with Gasteiger partial charge in [0.05, 0.1) is 6.61 Å². The fourth-order valence-corrected chi connectivity index (χ4v) is 4.66. The van der Waals surface area contributed by atoms with Crippen LogP contribution in [0, 0.1) is 0 Å². The zero-order valence-electron chi connectivity index (χ0n) is 9.74. The third kappa shape index (κ3) is 2.55. The number of carboxylic acid groups (broad SMARTS) is 1. The molecule has 0 aromatic carbocycles. The maximum Gasteiger partial charge on any atom is 0.371 e. The van der Waals surface area contributed by atoms with Crippen molar-refractivity contribution in [1.29, 1.82) is 0 Å². The lowest BCUT2D eigenvalue weighted by Crippen LogP contribution is -2.37. The maximum atomic E-state index is 12.4. The number of hydrogen-bond acceptors (Lipinski definition) is 5. The normalized spacial score (nSPS) is 20.8. The lowest BCUT2D eigenvalue weighted by Gasteiger charge is -2.21. The Morgan fingerprint density at radius 3 is 2.79 bits per heavy atom. The average molecular weight is 354 g/mol. The minimum atomic E-state index is -3.87. The van der Waals surface area contributed by atoms with Crippen LogP contribution in [-0.4, -0.2) is 48.1 Å². The molecule has 0 spiro atoms. The third-order valence-corrected chi connectivity index (χ3v) is 5.80. The molecule has 0 bridgehead atoms. The van der Waals surface area contributed by atoms with Crippen LogP contribution in [-0.2, 0) is 10.0 Å². The van der Waals surface area contributed by atoms with E-state index in [4.69, 9.17) is 9.52 Å². The predicted molar refractivity (Wildman–Crippen MR) is 67.4 cm³/mol. The van der Waals surface area contributed by atoms with E-state index < -0.39 is 27.8 Å². The van der Waals surface area contributed by atoms with E-state index in [-0.39, 0.29) is 16.2 Å². The molecule has 2 rings (SSSR count). The van der Waals surface area contributed by atoms with Crippen molar-refractivity contribution in [2.24, 2.45) is 0 Å². The van der Waals surface area contributed by atoms with Crippen molar-refractivity contribution in [1.82, 2.24) is 4.31 Å². The second-order valence-electron chi connectivity index (χ2n) is 4.15. The van der Waals surface area contributed by atoms with Crippen molar-refractivity contribution in [3.05, 3.63) is 16.5 Å². The van der Waals surface area contributed by atoms with Crippen LogP contribution in [0.2, 0.25) is 0 Å². The summed E-state index contributed by atoms with van der Waals surface area (Å²) in [6.45, 7) is 0.0358. The number of halogens is 1. The molecule has 1 saturated heterocycles. The number of sulfonamides is 1. The van der Waals surface area contributed by atoms with Gasteiger partial charge in [0.1, 0.15) is 4.90 Å². The van der Waals surface area contributed by atoms with Gasteiger partial charge in [0.15, 0.2) is 4.67 Å². The second-order valence-corrected chi connectivity index (χ2v) is 6.73. The standard InChI is InChI=1S/C10H12BrNO6S/c11-9-8(4-7(18-9)10(14)15)19(16,17)12-3-1-2-6(12)5-13/h4,6,13H,1-3,5H2,(H,14,15). The Labute approximate surface area is 118 Å². The van der Waals surface area contributed by atoms with Crippen LogP contribution in [0.4, 0.5) is 0 Å². The Morgan fingerprint density at radius 2 is 2.26 bits per heavy atom. The molecular formula is C10H12BrNO6S. The quantitative estimate of drug-likeness (QED) is 0.831. The van der Waals surface area contributed by atoms with Gasteiger partial charge in [-0.2, -0.15) is 4.31 Å². The van der Waals surface area contributed by atoms with Crippen molar-refractivity contribution in [2.75, 3.05) is 13.2 Å². The highest BCUT2D eigenvalue weighted by Crippen LogP contribution is 2.32. The Hall–Kier alpha value is -0.900. The number of aliphatic hydroxyl groups excluding tert-OH is 1. The second kappa shape index (κ2) is 5.23. The highest BCUT2D eigenvalue weighted by molar-refractivity contribution is 9.10. The minimum absolute atomic E-state index is 0.145. The van der Waals surface area contributed by atoms with Gasteiger partial charge in [-0.15, -0.1) is 0 Å². The summed E-state index contributed by atoms with van der Waals surface area (Å²) in [6, 6.07) is 0.495. The van der Waals surface area contributed by atoms with Crippen LogP contribution in [0.5, 0.6) is 0 Å². The molecule has 19 heavy (non-hydrogen) atoms. The first-order valence-corrected chi connectivity index (χ1v) is 7.76. The first-order chi connectivity index (χ1) is 8.87. The van der Waals surface area contributed by atoms with Crippen LogP contribution in [0.25, 0.3) is 0 Å². The summed E-state index contributed by atoms with van der Waals surface area (Å²) in [4.78, 5) is 10.5. The summed E-state index contributed by atoms with van der Waals surface area (Å²) in [5, 5.41) is 18.0. The molecule has 0 saturated carbocycles. The molecule has 0 amide bonds. The average Bonchev–Trinajstić information content (AvgIpc) is 2.94. The van der Waals surface area contributed by atoms with Crippen molar-refractivity contribution in [3.8, 4) is 0 Å². The van der Waals surface area contributed by atoms with Crippen molar-refractivity contribution >= 4 is 31.9 Å². The first-order valence-electron chi connectivity index (χ1n) is 5.53. The molecule has 1 unspecified atom stereocenters. The highest BCUT2D eigenvalue weighted by Gasteiger charge is 2.37. The number of carbonyl (C=O) groups is 1. The zero-order chi connectivity index (χ0) is 14.2. The number of aliphatic hydroxyl groups is 1. The highest BCUT2D eigenvalue weighted by atomic mass is 79.9. The Balaban J connectivity index is 2.42. The number of carboxylic acids is 1. The molecule has 7 nitrogen and oxygen atoms in total. The molecule has 1 aromatic rings. The summed E-state index contributed by atoms with van der Waals surface area (Å²) in [6.07, 6.45) is 1.24. The van der Waals surface area contributed by atoms with E-state index in [1.54, 1.807) is 0 Å². The molecule has 1 aliphatic rings. The first kappa shape index (κ1) is 14.5. The fraction of sp³-hybridized carbons (Fsp3) is 0.500. The van der Waals surface area contributed by atoms with Crippen molar-refractivity contribution in [2.45, 2.75) is 23.8 Å². The summed E-state index contributed by atoms with van der Waals surface area (Å²) in [7, 11) is -3.87. The third-order valence-electron chi connectivity index (χ3n) is 2.99. The lowest BCUT2D eigenvalue weighted by atomic mass is 10.2. The van der Waals surface area contributed by atoms with E-state index in [0.29, 0.717) is 19.4 Å². The van der Waals surface area contributed by atoms with Gasteiger partial charge in [-0.3, -0.25) is 0 Å². The maximum absolute atomic E-state index is 12.4. The number of hydrogen-bond donors (Lipinski definition) is 2. The van der Waals surface area contributed by atoms with Crippen LogP contribution >= 0.6 is 15.9 Å². The van der Waals surface area contributed by atoms with Gasteiger partial charge >= 0.3 is 5.97 Å². The van der Waals surface area contributed by atoms with Crippen molar-refractivity contribution < 1.29 is 27.8 Å². The number of rotatable bonds is 4. The van der Waals surface area contributed by atoms with E-state index >= 15 is 0 Å². The molecule has 0 radical (unpaired) electrons. The van der Waals surface area contributed by atoms with E-state index in [9.17, 15) is 18.3 Å². The topological polar surface area (TPSA) is 108 Å². The molecule has 1 aliphatic heterocycles. The smallest absolute Gasteiger partial charge is 0.371 e. The molecule has 1 atom stereocenters. The fourth-order valence-electron chi connectivity index (χ4n) is 2.07. The van der Waals surface area contributed by atoms with Crippen LogP contribution in [0.15, 0.2) is 20.0 Å². The molecule has 1 aromatic heterocycles. The van der Waals surface area contributed by atoms with E-state index in [1.807, 2.05) is 0 Å². The van der Waals surface area contributed by atoms with E-state index in [2.05, 4.69) is 15.9 Å². The molecule has 0 aliphatic carbocycles. The predicted octanol–water partition coefficient (Wildman–Crippen LogP) is 0.886. The van der Waals surface area contributed by atoms with Crippen LogP contribution in [0.3, 0.4) is 0 Å². The Bertz CT molecular complexity index is 595. The van der Waals surface area contributed by atoms with Crippen LogP contribution < -0.4 is 0 Å². The number of furan rings is 1. The minimum Gasteiger partial charge on any atom is -0.475 e. The summed E-state index contributed by atoms with van der Waals surface area (Å²) >= 11 is 2.91. The van der Waals surface area contributed by atoms with Crippen molar-refractivity contribution in [3.63, 3.8) is 0 Å². The van der Waals surface area contributed by atoms with Gasteiger partial charge in [-0.1, -0.05) is 0 Å². The van der Waals surface area contributed by atoms with E-state index in [1.165, 1.54) is 4.31 Å². The van der Waals surface area contributed by atoms with Gasteiger partial charge in [0, 0.05) is 18.7 Å². The number of nitrogens with zero attached hydrogens (tertiary/aromatic N) is 1. The largest absolute Gasteiger partial charge is 0.475 e. The summed E-state index contributed by atoms with van der Waals surface area (Å²) in [5.74, 6) is -1.80.